The first-order valence-corrected chi connectivity index (χ1v) is 15.5. The second-order valence-electron chi connectivity index (χ2n) is 12.1. The van der Waals surface area contributed by atoms with E-state index >= 15 is 0 Å². The third kappa shape index (κ3) is 3.64. The van der Waals surface area contributed by atoms with Crippen LogP contribution in [0, 0.1) is 0 Å². The Morgan fingerprint density at radius 1 is 0.524 bits per heavy atom. The van der Waals surface area contributed by atoms with Gasteiger partial charge in [0.2, 0.25) is 0 Å². The molecule has 0 aromatic heterocycles. The highest BCUT2D eigenvalue weighted by atomic mass is 16.3. The molecule has 2 heteroatoms. The van der Waals surface area contributed by atoms with Crippen molar-refractivity contribution < 1.29 is 8.83 Å². The van der Waals surface area contributed by atoms with Gasteiger partial charge in [0.15, 0.2) is 0 Å². The van der Waals surface area contributed by atoms with E-state index in [2.05, 4.69) is 97.1 Å². The zero-order valence-corrected chi connectivity index (χ0v) is 23.7. The molecule has 2 heterocycles. The van der Waals surface area contributed by atoms with Crippen LogP contribution >= 0.6 is 0 Å². The van der Waals surface area contributed by atoms with Crippen LogP contribution in [-0.2, 0) is 12.8 Å². The maximum Gasteiger partial charge on any atom is 0.136 e. The van der Waals surface area contributed by atoms with Gasteiger partial charge in [-0.3, -0.25) is 0 Å². The maximum absolute atomic E-state index is 6.68. The zero-order chi connectivity index (χ0) is 27.6. The highest BCUT2D eigenvalue weighted by Gasteiger charge is 2.26. The summed E-state index contributed by atoms with van der Waals surface area (Å²) in [5, 5.41) is 4.72. The number of hydrogen-bond donors (Lipinski definition) is 0. The van der Waals surface area contributed by atoms with E-state index in [4.69, 9.17) is 8.83 Å². The monoisotopic (exact) mass is 544 g/mol. The molecular formula is C40H32O2. The van der Waals surface area contributed by atoms with Crippen LogP contribution in [0.25, 0.3) is 71.7 Å². The number of rotatable bonds is 2. The second-order valence-corrected chi connectivity index (χ2v) is 12.1. The molecule has 0 spiro atoms. The number of hydrogen-bond acceptors (Lipinski definition) is 2. The van der Waals surface area contributed by atoms with Crippen LogP contribution in [0.2, 0.25) is 0 Å². The molecular weight excluding hydrogens is 512 g/mol. The molecule has 0 fully saturated rings. The summed E-state index contributed by atoms with van der Waals surface area (Å²) in [4.78, 5) is 0. The molecule has 2 nitrogen and oxygen atoms in total. The van der Waals surface area contributed by atoms with Gasteiger partial charge in [0, 0.05) is 21.9 Å². The second kappa shape index (κ2) is 9.49. The largest absolute Gasteiger partial charge is 0.456 e. The van der Waals surface area contributed by atoms with Crippen molar-refractivity contribution in [3.63, 3.8) is 0 Å². The Hall–Kier alpha value is -4.56. The Bertz CT molecular complexity index is 2190. The first-order valence-electron chi connectivity index (χ1n) is 15.5. The molecule has 5 aromatic rings. The number of benzene rings is 5. The summed E-state index contributed by atoms with van der Waals surface area (Å²) in [7, 11) is 0. The van der Waals surface area contributed by atoms with Crippen LogP contribution in [-0.4, -0.2) is 0 Å². The summed E-state index contributed by atoms with van der Waals surface area (Å²) in [6, 6.07) is 24.6. The van der Waals surface area contributed by atoms with E-state index in [1.54, 1.807) is 0 Å². The molecule has 5 aromatic carbocycles. The lowest BCUT2D eigenvalue weighted by Gasteiger charge is -2.22. The Morgan fingerprint density at radius 3 is 1.93 bits per heavy atom. The molecule has 0 saturated heterocycles. The molecule has 4 aliphatic rings. The zero-order valence-electron chi connectivity index (χ0n) is 23.7. The Morgan fingerprint density at radius 2 is 1.17 bits per heavy atom. The van der Waals surface area contributed by atoms with Gasteiger partial charge in [0.05, 0.1) is 0 Å². The fourth-order valence-electron chi connectivity index (χ4n) is 7.51. The normalized spacial score (nSPS) is 17.0. The lowest BCUT2D eigenvalue weighted by Crippen LogP contribution is -2.02. The minimum Gasteiger partial charge on any atom is -0.456 e. The van der Waals surface area contributed by atoms with Gasteiger partial charge < -0.3 is 8.83 Å². The summed E-state index contributed by atoms with van der Waals surface area (Å²) in [5.41, 5.74) is 14.0. The molecule has 0 atom stereocenters. The van der Waals surface area contributed by atoms with Gasteiger partial charge in [0.1, 0.15) is 22.3 Å². The average molecular weight is 545 g/mol. The predicted octanol–water partition coefficient (Wildman–Crippen LogP) is 11.6. The topological polar surface area (TPSA) is 26.3 Å². The minimum absolute atomic E-state index is 0.898. The third-order valence-corrected chi connectivity index (χ3v) is 9.57. The van der Waals surface area contributed by atoms with Gasteiger partial charge in [-0.1, -0.05) is 60.7 Å². The molecule has 2 aliphatic carbocycles. The summed E-state index contributed by atoms with van der Waals surface area (Å²) in [6.45, 7) is 0. The van der Waals surface area contributed by atoms with E-state index in [9.17, 15) is 0 Å². The van der Waals surface area contributed by atoms with Crippen molar-refractivity contribution in [2.45, 2.75) is 51.4 Å². The number of fused-ring (bicyclic) bond motifs is 1. The van der Waals surface area contributed by atoms with Crippen molar-refractivity contribution in [1.82, 2.24) is 0 Å². The molecule has 9 rings (SSSR count). The molecule has 0 bridgehead atoms. The van der Waals surface area contributed by atoms with Gasteiger partial charge in [-0.05, 0) is 132 Å². The highest BCUT2D eigenvalue weighted by molar-refractivity contribution is 6.25. The lowest BCUT2D eigenvalue weighted by atomic mass is 9.85. The quantitative estimate of drug-likeness (QED) is 0.160. The molecule has 42 heavy (non-hydrogen) atoms. The predicted molar refractivity (Wildman–Crippen MR) is 176 cm³/mol. The summed E-state index contributed by atoms with van der Waals surface area (Å²) in [6.07, 6.45) is 21.1. The van der Waals surface area contributed by atoms with Gasteiger partial charge >= 0.3 is 0 Å². The number of allylic oxidation sites excluding steroid dienone is 6. The first-order chi connectivity index (χ1) is 20.8. The van der Waals surface area contributed by atoms with Crippen molar-refractivity contribution in [1.29, 1.82) is 0 Å². The first kappa shape index (κ1) is 24.1. The van der Waals surface area contributed by atoms with E-state index in [-0.39, 0.29) is 0 Å². The number of aryl methyl sites for hydroxylation is 2. The van der Waals surface area contributed by atoms with Crippen LogP contribution in [0.15, 0.2) is 106 Å². The maximum atomic E-state index is 6.68. The van der Waals surface area contributed by atoms with Crippen LogP contribution in [0.5, 0.6) is 0 Å². The van der Waals surface area contributed by atoms with Crippen LogP contribution < -0.4 is 0 Å². The molecule has 204 valence electrons. The fraction of sp³-hybridized carbons (Fsp3) is 0.200. The van der Waals surface area contributed by atoms with Crippen LogP contribution in [0.3, 0.4) is 0 Å². The standard InChI is InChI=1S/C40H32O2/c1-2-4-6-11-26(12-7-5-3-1)29-16-20-33-37-31(29)18-22-35-39(37)40-36(41-33)23-19-32-30(17-21-34(42-35)38(32)40)28-15-14-25-10-8-9-13-27(25)24-28/h4,6-7,11-12,14-24H,1-3,5,8-10,13H2/b6-4+,12-7?,26-11?. The van der Waals surface area contributed by atoms with Crippen LogP contribution in [0.1, 0.15) is 55.2 Å². The average Bonchev–Trinajstić information content (AvgIpc) is 3.04. The van der Waals surface area contributed by atoms with Crippen molar-refractivity contribution >= 4 is 49.5 Å². The molecule has 0 N–H and O–H groups in total. The van der Waals surface area contributed by atoms with Crippen molar-refractivity contribution in [2.24, 2.45) is 0 Å². The Kier molecular flexibility index (Phi) is 5.44. The van der Waals surface area contributed by atoms with Gasteiger partial charge in [-0.25, -0.2) is 0 Å². The van der Waals surface area contributed by atoms with E-state index in [1.807, 2.05) is 0 Å². The van der Waals surface area contributed by atoms with Crippen molar-refractivity contribution in [3.8, 4) is 22.3 Å². The Labute approximate surface area is 245 Å². The van der Waals surface area contributed by atoms with E-state index in [0.717, 1.165) is 57.1 Å². The fourth-order valence-corrected chi connectivity index (χ4v) is 7.51. The van der Waals surface area contributed by atoms with Gasteiger partial charge in [0.25, 0.3) is 0 Å². The molecule has 0 amide bonds. The minimum atomic E-state index is 0.898. The van der Waals surface area contributed by atoms with Gasteiger partial charge in [-0.2, -0.15) is 0 Å². The summed E-state index contributed by atoms with van der Waals surface area (Å²) < 4.78 is 13.4. The Balaban J connectivity index is 1.30. The third-order valence-electron chi connectivity index (χ3n) is 9.57. The van der Waals surface area contributed by atoms with Crippen molar-refractivity contribution in [3.05, 3.63) is 114 Å². The van der Waals surface area contributed by atoms with E-state index in [0.29, 0.717) is 0 Å². The molecule has 0 radical (unpaired) electrons. The van der Waals surface area contributed by atoms with Crippen molar-refractivity contribution in [2.75, 3.05) is 0 Å². The molecule has 0 saturated carbocycles. The lowest BCUT2D eigenvalue weighted by molar-refractivity contribution is 0.646. The summed E-state index contributed by atoms with van der Waals surface area (Å²) in [5.74, 6) is 0. The summed E-state index contributed by atoms with van der Waals surface area (Å²) >= 11 is 0. The molecule has 0 unspecified atom stereocenters. The SMILES string of the molecule is C1=CC(c2ccc3oc4ccc5c(-c6ccc7c(c6)CCCC7)ccc6oc7ccc2c3c7-c4c65)=C/C=C/CCCC1. The van der Waals surface area contributed by atoms with Gasteiger partial charge in [-0.15, -0.1) is 0 Å². The van der Waals surface area contributed by atoms with E-state index in [1.165, 1.54) is 82.7 Å². The van der Waals surface area contributed by atoms with Crippen LogP contribution in [0.4, 0.5) is 0 Å². The smallest absolute Gasteiger partial charge is 0.136 e. The highest BCUT2D eigenvalue weighted by Crippen LogP contribution is 2.50. The van der Waals surface area contributed by atoms with E-state index < -0.39 is 0 Å². The molecule has 2 aliphatic heterocycles.